The van der Waals surface area contributed by atoms with Crippen molar-refractivity contribution in [3.8, 4) is 0 Å². The van der Waals surface area contributed by atoms with Crippen LogP contribution in [0, 0.1) is 0 Å². The number of nitrogens with zero attached hydrogens (tertiary/aromatic N) is 2. The van der Waals surface area contributed by atoms with Gasteiger partial charge in [-0.2, -0.15) is 4.31 Å². The highest BCUT2D eigenvalue weighted by molar-refractivity contribution is 7.89. The first-order valence-corrected chi connectivity index (χ1v) is 10.8. The zero-order valence-corrected chi connectivity index (χ0v) is 16.3. The molecule has 0 aromatic carbocycles. The van der Waals surface area contributed by atoms with Gasteiger partial charge in [0.15, 0.2) is 11.4 Å². The zero-order chi connectivity index (χ0) is 19.6. The predicted molar refractivity (Wildman–Crippen MR) is 95.6 cm³/mol. The van der Waals surface area contributed by atoms with Crippen LogP contribution in [0.2, 0.25) is 0 Å². The van der Waals surface area contributed by atoms with E-state index >= 15 is 0 Å². The van der Waals surface area contributed by atoms with Gasteiger partial charge >= 0.3 is 5.97 Å². The topological polar surface area (TPSA) is 119 Å². The van der Waals surface area contributed by atoms with E-state index in [-0.39, 0.29) is 36.8 Å². The van der Waals surface area contributed by atoms with Crippen molar-refractivity contribution < 1.29 is 27.3 Å². The maximum atomic E-state index is 12.4. The summed E-state index contributed by atoms with van der Waals surface area (Å²) in [5.74, 6) is -0.603. The summed E-state index contributed by atoms with van der Waals surface area (Å²) >= 11 is 0. The molecule has 0 unspecified atom stereocenters. The molecule has 2 atom stereocenters. The molecule has 0 radical (unpaired) electrons. The number of carbonyl (C=O) groups excluding carboxylic acids is 2. The summed E-state index contributed by atoms with van der Waals surface area (Å²) in [6, 6.07) is 1.18. The first-order chi connectivity index (χ1) is 12.8. The maximum Gasteiger partial charge on any atom is 0.322 e. The van der Waals surface area contributed by atoms with E-state index in [1.807, 2.05) is 0 Å². The normalized spacial score (nSPS) is 23.8. The molecule has 1 saturated heterocycles. The number of sulfonamides is 1. The minimum absolute atomic E-state index is 0.141. The van der Waals surface area contributed by atoms with Crippen molar-refractivity contribution in [2.45, 2.75) is 57.5 Å². The van der Waals surface area contributed by atoms with Gasteiger partial charge in [-0.15, -0.1) is 0 Å². The van der Waals surface area contributed by atoms with Gasteiger partial charge in [0.05, 0.1) is 6.61 Å². The molecule has 2 heterocycles. The number of ether oxygens (including phenoxy) is 1. The molecule has 10 heteroatoms. The van der Waals surface area contributed by atoms with E-state index in [1.165, 1.54) is 4.31 Å². The van der Waals surface area contributed by atoms with E-state index in [9.17, 15) is 18.0 Å². The Hall–Kier alpha value is -1.94. The molecule has 9 nitrogen and oxygen atoms in total. The highest BCUT2D eigenvalue weighted by atomic mass is 32.2. The lowest BCUT2D eigenvalue weighted by molar-refractivity contribution is -0.140. The van der Waals surface area contributed by atoms with Crippen LogP contribution < -0.4 is 5.32 Å². The SMILES string of the molecule is CCOC(=O)CS(=O)(=O)N1CC[C@@H](NC(=O)c2cc(C3CC3)on2)C[C@H]1C. The van der Waals surface area contributed by atoms with Gasteiger partial charge in [-0.1, -0.05) is 5.16 Å². The Bertz CT molecular complexity index is 801. The fourth-order valence-corrected chi connectivity index (χ4v) is 4.91. The first-order valence-electron chi connectivity index (χ1n) is 9.22. The van der Waals surface area contributed by atoms with Crippen molar-refractivity contribution in [3.63, 3.8) is 0 Å². The lowest BCUT2D eigenvalue weighted by Gasteiger charge is -2.36. The van der Waals surface area contributed by atoms with Crippen LogP contribution >= 0.6 is 0 Å². The fraction of sp³-hybridized carbons (Fsp3) is 0.706. The standard InChI is InChI=1S/C17H25N3O6S/c1-3-25-16(21)10-27(23,24)20-7-6-13(8-11(20)2)18-17(22)14-9-15(26-19-14)12-4-5-12/h9,11-13H,3-8,10H2,1-2H3,(H,18,22)/t11-,13-/m1/s1. The lowest BCUT2D eigenvalue weighted by Crippen LogP contribution is -2.52. The molecule has 0 spiro atoms. The molecule has 2 fully saturated rings. The van der Waals surface area contributed by atoms with Gasteiger partial charge in [-0.05, 0) is 39.5 Å². The Morgan fingerprint density at radius 2 is 2.11 bits per heavy atom. The number of hydrogen-bond donors (Lipinski definition) is 1. The van der Waals surface area contributed by atoms with Crippen LogP contribution in [0.3, 0.4) is 0 Å². The quantitative estimate of drug-likeness (QED) is 0.680. The van der Waals surface area contributed by atoms with Crippen molar-refractivity contribution in [3.05, 3.63) is 17.5 Å². The second-order valence-corrected chi connectivity index (χ2v) is 9.03. The van der Waals surface area contributed by atoms with E-state index in [0.717, 1.165) is 18.6 Å². The number of hydrogen-bond acceptors (Lipinski definition) is 7. The summed E-state index contributed by atoms with van der Waals surface area (Å²) in [5, 5.41) is 6.72. The van der Waals surface area contributed by atoms with Crippen LogP contribution in [-0.4, -0.2) is 60.7 Å². The third-order valence-electron chi connectivity index (χ3n) is 4.85. The fourth-order valence-electron chi connectivity index (χ4n) is 3.35. The number of rotatable bonds is 7. The third-order valence-corrected chi connectivity index (χ3v) is 6.71. The third kappa shape index (κ3) is 4.86. The molecule has 1 amide bonds. The Balaban J connectivity index is 1.54. The Labute approximate surface area is 158 Å². The molecule has 1 aromatic heterocycles. The molecule has 1 aromatic rings. The Morgan fingerprint density at radius 1 is 1.37 bits per heavy atom. The molecule has 1 aliphatic carbocycles. The molecule has 0 bridgehead atoms. The maximum absolute atomic E-state index is 12.4. The van der Waals surface area contributed by atoms with E-state index < -0.39 is 21.7 Å². The molecule has 150 valence electrons. The average Bonchev–Trinajstić information content (AvgIpc) is 3.31. The zero-order valence-electron chi connectivity index (χ0n) is 15.5. The summed E-state index contributed by atoms with van der Waals surface area (Å²) in [4.78, 5) is 23.9. The smallest absolute Gasteiger partial charge is 0.322 e. The van der Waals surface area contributed by atoms with Crippen molar-refractivity contribution in [2.24, 2.45) is 0 Å². The molecular formula is C17H25N3O6S. The van der Waals surface area contributed by atoms with E-state index in [0.29, 0.717) is 18.8 Å². The number of esters is 1. The molecule has 3 rings (SSSR count). The van der Waals surface area contributed by atoms with Gasteiger partial charge in [-0.3, -0.25) is 9.59 Å². The van der Waals surface area contributed by atoms with Gasteiger partial charge in [0.2, 0.25) is 10.0 Å². The predicted octanol–water partition coefficient (Wildman–Crippen LogP) is 1.03. The van der Waals surface area contributed by atoms with Crippen molar-refractivity contribution in [1.29, 1.82) is 0 Å². The van der Waals surface area contributed by atoms with Crippen LogP contribution in [-0.2, 0) is 19.6 Å². The monoisotopic (exact) mass is 399 g/mol. The Kier molecular flexibility index (Phi) is 5.85. The van der Waals surface area contributed by atoms with Crippen molar-refractivity contribution in [2.75, 3.05) is 18.9 Å². The van der Waals surface area contributed by atoms with Crippen LogP contribution in [0.5, 0.6) is 0 Å². The number of aromatic nitrogens is 1. The number of piperidine rings is 1. The van der Waals surface area contributed by atoms with Crippen molar-refractivity contribution >= 4 is 21.9 Å². The number of amides is 1. The highest BCUT2D eigenvalue weighted by Gasteiger charge is 2.36. The second-order valence-electron chi connectivity index (χ2n) is 7.10. The largest absolute Gasteiger partial charge is 0.465 e. The van der Waals surface area contributed by atoms with Gasteiger partial charge in [-0.25, -0.2) is 8.42 Å². The second kappa shape index (κ2) is 7.97. The van der Waals surface area contributed by atoms with E-state index in [2.05, 4.69) is 10.5 Å². The first kappa shape index (κ1) is 19.8. The lowest BCUT2D eigenvalue weighted by atomic mass is 10.0. The molecule has 27 heavy (non-hydrogen) atoms. The summed E-state index contributed by atoms with van der Waals surface area (Å²) in [5.41, 5.74) is 0.252. The number of nitrogens with one attached hydrogen (secondary N) is 1. The minimum Gasteiger partial charge on any atom is -0.465 e. The van der Waals surface area contributed by atoms with Crippen LogP contribution in [0.1, 0.15) is 61.7 Å². The summed E-state index contributed by atoms with van der Waals surface area (Å²) < 4.78 is 36.1. The molecule has 1 saturated carbocycles. The molecule has 2 aliphatic rings. The molecule has 1 aliphatic heterocycles. The molecule has 1 N–H and O–H groups in total. The van der Waals surface area contributed by atoms with Crippen molar-refractivity contribution in [1.82, 2.24) is 14.8 Å². The van der Waals surface area contributed by atoms with E-state index in [1.54, 1.807) is 19.9 Å². The van der Waals surface area contributed by atoms with Gasteiger partial charge in [0, 0.05) is 30.6 Å². The highest BCUT2D eigenvalue weighted by Crippen LogP contribution is 2.40. The molecular weight excluding hydrogens is 374 g/mol. The van der Waals surface area contributed by atoms with Gasteiger partial charge in [0.25, 0.3) is 5.91 Å². The van der Waals surface area contributed by atoms with Crippen LogP contribution in [0.4, 0.5) is 0 Å². The van der Waals surface area contributed by atoms with Gasteiger partial charge in [0.1, 0.15) is 5.76 Å². The minimum atomic E-state index is -3.74. The average molecular weight is 399 g/mol. The van der Waals surface area contributed by atoms with Crippen LogP contribution in [0.15, 0.2) is 10.6 Å². The summed E-state index contributed by atoms with van der Waals surface area (Å²) in [6.45, 7) is 3.77. The van der Waals surface area contributed by atoms with Crippen LogP contribution in [0.25, 0.3) is 0 Å². The Morgan fingerprint density at radius 3 is 2.74 bits per heavy atom. The van der Waals surface area contributed by atoms with Gasteiger partial charge < -0.3 is 14.6 Å². The van der Waals surface area contributed by atoms with E-state index in [4.69, 9.17) is 9.26 Å². The summed E-state index contributed by atoms with van der Waals surface area (Å²) in [6.07, 6.45) is 3.05. The number of carbonyl (C=O) groups is 2. The summed E-state index contributed by atoms with van der Waals surface area (Å²) in [7, 11) is -3.74.